The summed E-state index contributed by atoms with van der Waals surface area (Å²) in [4.78, 5) is 12.7. The maximum atomic E-state index is 10.4. The Morgan fingerprint density at radius 2 is 2.18 bits per heavy atom. The van der Waals surface area contributed by atoms with E-state index < -0.39 is 17.2 Å². The second-order valence-corrected chi connectivity index (χ2v) is 3.93. The number of aliphatic hydroxyl groups is 1. The smallest absolute Gasteiger partial charge is 0.328 e. The largest absolute Gasteiger partial charge is 0.361 e. The first-order valence-electron chi connectivity index (χ1n) is 5.21. The van der Waals surface area contributed by atoms with Crippen LogP contribution >= 0.6 is 0 Å². The average molecular weight is 235 g/mol. The molecule has 1 heterocycles. The normalized spacial score (nSPS) is 14.7. The molecule has 4 N–H and O–H groups in total. The van der Waals surface area contributed by atoms with Gasteiger partial charge < -0.3 is 15.8 Å². The van der Waals surface area contributed by atoms with Crippen molar-refractivity contribution >= 4 is 10.9 Å². The third-order valence-electron chi connectivity index (χ3n) is 2.73. The van der Waals surface area contributed by atoms with E-state index in [-0.39, 0.29) is 6.42 Å². The van der Waals surface area contributed by atoms with E-state index >= 15 is 0 Å². The average Bonchev–Trinajstić information content (AvgIpc) is 2.71. The number of nitrogens with two attached hydrogens (primary N) is 1. The predicted molar refractivity (Wildman–Crippen MR) is 63.0 cm³/mol. The summed E-state index contributed by atoms with van der Waals surface area (Å²) in [5, 5.41) is 20.6. The van der Waals surface area contributed by atoms with Crippen LogP contribution in [0.15, 0.2) is 30.5 Å². The molecular weight excluding hydrogens is 222 g/mol. The van der Waals surface area contributed by atoms with Crippen LogP contribution in [0, 0.1) is 10.1 Å². The Bertz CT molecular complexity index is 537. The van der Waals surface area contributed by atoms with Crippen molar-refractivity contribution in [1.82, 2.24) is 4.98 Å². The number of hydrogen-bond acceptors (Lipinski definition) is 4. The van der Waals surface area contributed by atoms with Crippen LogP contribution in [-0.4, -0.2) is 27.3 Å². The van der Waals surface area contributed by atoms with Gasteiger partial charge in [-0.25, -0.2) is 0 Å². The van der Waals surface area contributed by atoms with Crippen LogP contribution in [-0.2, 0) is 6.42 Å². The van der Waals surface area contributed by atoms with Crippen molar-refractivity contribution in [2.75, 3.05) is 0 Å². The lowest BCUT2D eigenvalue weighted by molar-refractivity contribution is -0.573. The Kier molecular flexibility index (Phi) is 3.08. The molecule has 0 saturated heterocycles. The molecule has 17 heavy (non-hydrogen) atoms. The van der Waals surface area contributed by atoms with Gasteiger partial charge in [0.1, 0.15) is 6.04 Å². The molecule has 0 radical (unpaired) electrons. The van der Waals surface area contributed by atoms with Gasteiger partial charge >= 0.3 is 6.23 Å². The molecule has 6 heteroatoms. The zero-order valence-corrected chi connectivity index (χ0v) is 9.04. The Balaban J connectivity index is 2.21. The standard InChI is InChI=1S/C11H13N3O3/c12-9(11(15)14(16)17)5-7-6-13-10-4-2-1-3-8(7)10/h1-4,6,9,11,13,15H,5,12H2/t9-,11?/m0/s1. The Labute approximate surface area is 97.2 Å². The summed E-state index contributed by atoms with van der Waals surface area (Å²) in [5.74, 6) is 0. The molecule has 1 unspecified atom stereocenters. The molecule has 0 bridgehead atoms. The number of aliphatic hydroxyl groups excluding tert-OH is 1. The summed E-state index contributed by atoms with van der Waals surface area (Å²) >= 11 is 0. The molecule has 0 saturated carbocycles. The van der Waals surface area contributed by atoms with Gasteiger partial charge in [-0.3, -0.25) is 10.1 Å². The van der Waals surface area contributed by atoms with Crippen LogP contribution in [0.25, 0.3) is 10.9 Å². The minimum absolute atomic E-state index is 0.256. The van der Waals surface area contributed by atoms with Crippen LogP contribution in [0.5, 0.6) is 0 Å². The monoisotopic (exact) mass is 235 g/mol. The Hall–Kier alpha value is -1.92. The van der Waals surface area contributed by atoms with Gasteiger partial charge in [-0.05, 0) is 18.1 Å². The first-order valence-corrected chi connectivity index (χ1v) is 5.21. The SMILES string of the molecule is N[C@@H](Cc1c[nH]c2ccccc12)C(O)[N+](=O)[O-]. The molecule has 2 atom stereocenters. The van der Waals surface area contributed by atoms with Crippen molar-refractivity contribution in [2.45, 2.75) is 18.7 Å². The molecule has 1 aromatic heterocycles. The van der Waals surface area contributed by atoms with Crippen LogP contribution in [0.4, 0.5) is 0 Å². The van der Waals surface area contributed by atoms with Gasteiger partial charge in [0.25, 0.3) is 0 Å². The van der Waals surface area contributed by atoms with Crippen molar-refractivity contribution in [3.05, 3.63) is 46.1 Å². The number of para-hydroxylation sites is 1. The summed E-state index contributed by atoms with van der Waals surface area (Å²) in [6.07, 6.45) is 0.284. The van der Waals surface area contributed by atoms with Gasteiger partial charge in [-0.15, -0.1) is 0 Å². The maximum absolute atomic E-state index is 10.4. The highest BCUT2D eigenvalue weighted by Crippen LogP contribution is 2.19. The van der Waals surface area contributed by atoms with Gasteiger partial charge in [-0.2, -0.15) is 0 Å². The number of hydrogen-bond donors (Lipinski definition) is 3. The zero-order valence-electron chi connectivity index (χ0n) is 9.04. The third kappa shape index (κ3) is 2.27. The number of rotatable bonds is 4. The third-order valence-corrected chi connectivity index (χ3v) is 2.73. The second kappa shape index (κ2) is 4.52. The van der Waals surface area contributed by atoms with Crippen molar-refractivity contribution in [3.63, 3.8) is 0 Å². The highest BCUT2D eigenvalue weighted by Gasteiger charge is 2.25. The van der Waals surface area contributed by atoms with Gasteiger partial charge in [0.15, 0.2) is 0 Å². The number of nitrogens with one attached hydrogen (secondary N) is 1. The number of benzene rings is 1. The molecule has 0 aliphatic carbocycles. The number of H-pyrrole nitrogens is 1. The van der Waals surface area contributed by atoms with Crippen molar-refractivity contribution < 1.29 is 10.0 Å². The van der Waals surface area contributed by atoms with Gasteiger partial charge in [0.05, 0.1) is 4.92 Å². The van der Waals surface area contributed by atoms with E-state index in [9.17, 15) is 15.2 Å². The number of nitro groups is 1. The molecule has 0 aliphatic rings. The minimum Gasteiger partial charge on any atom is -0.361 e. The topological polar surface area (TPSA) is 105 Å². The summed E-state index contributed by atoms with van der Waals surface area (Å²) in [6.45, 7) is 0. The maximum Gasteiger partial charge on any atom is 0.328 e. The van der Waals surface area contributed by atoms with Crippen LogP contribution < -0.4 is 5.73 Å². The van der Waals surface area contributed by atoms with Gasteiger partial charge in [0, 0.05) is 17.1 Å². The highest BCUT2D eigenvalue weighted by molar-refractivity contribution is 5.83. The fourth-order valence-corrected chi connectivity index (χ4v) is 1.82. The van der Waals surface area contributed by atoms with E-state index in [1.54, 1.807) is 6.20 Å². The summed E-state index contributed by atoms with van der Waals surface area (Å²) in [5.41, 5.74) is 7.41. The molecule has 1 aromatic carbocycles. The Morgan fingerprint density at radius 1 is 1.47 bits per heavy atom. The summed E-state index contributed by atoms with van der Waals surface area (Å²) in [7, 11) is 0. The van der Waals surface area contributed by atoms with Gasteiger partial charge in [0.2, 0.25) is 0 Å². The minimum atomic E-state index is -1.73. The molecule has 2 aromatic rings. The molecule has 2 rings (SSSR count). The van der Waals surface area contributed by atoms with Gasteiger partial charge in [-0.1, -0.05) is 18.2 Å². The molecule has 0 fully saturated rings. The van der Waals surface area contributed by atoms with Crippen molar-refractivity contribution in [1.29, 1.82) is 0 Å². The van der Waals surface area contributed by atoms with E-state index in [4.69, 9.17) is 5.73 Å². The molecule has 0 spiro atoms. The first-order chi connectivity index (χ1) is 8.09. The molecule has 6 nitrogen and oxygen atoms in total. The van der Waals surface area contributed by atoms with E-state index in [1.807, 2.05) is 24.3 Å². The van der Waals surface area contributed by atoms with Crippen LogP contribution in [0.3, 0.4) is 0 Å². The first kappa shape index (κ1) is 11.6. The van der Waals surface area contributed by atoms with E-state index in [2.05, 4.69) is 4.98 Å². The predicted octanol–water partition coefficient (Wildman–Crippen LogP) is 0.633. The molecule has 0 amide bonds. The van der Waals surface area contributed by atoms with E-state index in [1.165, 1.54) is 0 Å². The quantitative estimate of drug-likeness (QED) is 0.410. The number of nitrogens with zero attached hydrogens (tertiary/aromatic N) is 1. The second-order valence-electron chi connectivity index (χ2n) is 3.93. The molecule has 90 valence electrons. The number of aromatic nitrogens is 1. The lowest BCUT2D eigenvalue weighted by Crippen LogP contribution is -2.41. The summed E-state index contributed by atoms with van der Waals surface area (Å²) in [6, 6.07) is 6.69. The van der Waals surface area contributed by atoms with E-state index in [0.29, 0.717) is 0 Å². The fraction of sp³-hybridized carbons (Fsp3) is 0.273. The van der Waals surface area contributed by atoms with Crippen molar-refractivity contribution in [3.8, 4) is 0 Å². The fourth-order valence-electron chi connectivity index (χ4n) is 1.82. The van der Waals surface area contributed by atoms with Crippen LogP contribution in [0.2, 0.25) is 0 Å². The summed E-state index contributed by atoms with van der Waals surface area (Å²) < 4.78 is 0. The number of fused-ring (bicyclic) bond motifs is 1. The lowest BCUT2D eigenvalue weighted by atomic mass is 10.0. The zero-order chi connectivity index (χ0) is 12.4. The van der Waals surface area contributed by atoms with Crippen LogP contribution in [0.1, 0.15) is 5.56 Å². The molecular formula is C11H13N3O3. The Morgan fingerprint density at radius 3 is 2.88 bits per heavy atom. The van der Waals surface area contributed by atoms with E-state index in [0.717, 1.165) is 16.5 Å². The highest BCUT2D eigenvalue weighted by atomic mass is 16.7. The number of aromatic amines is 1. The lowest BCUT2D eigenvalue weighted by Gasteiger charge is -2.11. The molecule has 0 aliphatic heterocycles. The van der Waals surface area contributed by atoms with Crippen molar-refractivity contribution in [2.24, 2.45) is 5.73 Å².